The zero-order valence-electron chi connectivity index (χ0n) is 12.2. The molecular formula is C17H17ClN4. The van der Waals surface area contributed by atoms with E-state index in [4.69, 9.17) is 16.6 Å². The van der Waals surface area contributed by atoms with Gasteiger partial charge in [-0.25, -0.2) is 9.97 Å². The fourth-order valence-corrected chi connectivity index (χ4v) is 3.29. The molecule has 1 unspecified atom stereocenters. The predicted molar refractivity (Wildman–Crippen MR) is 88.5 cm³/mol. The van der Waals surface area contributed by atoms with Crippen LogP contribution in [0.4, 0.5) is 0 Å². The molecule has 0 aliphatic carbocycles. The van der Waals surface area contributed by atoms with E-state index in [1.807, 2.05) is 42.6 Å². The van der Waals surface area contributed by atoms with Gasteiger partial charge in [-0.2, -0.15) is 0 Å². The third-order valence-electron chi connectivity index (χ3n) is 4.13. The first-order valence-corrected chi connectivity index (χ1v) is 8.03. The van der Waals surface area contributed by atoms with Crippen LogP contribution in [0.2, 0.25) is 5.02 Å². The van der Waals surface area contributed by atoms with Crippen LogP contribution in [0.15, 0.2) is 42.6 Å². The number of pyridine rings is 1. The van der Waals surface area contributed by atoms with Gasteiger partial charge in [0, 0.05) is 11.2 Å². The van der Waals surface area contributed by atoms with Crippen LogP contribution in [0.25, 0.3) is 16.9 Å². The number of hydrogen-bond donors (Lipinski definition) is 1. The molecule has 1 saturated heterocycles. The van der Waals surface area contributed by atoms with Gasteiger partial charge >= 0.3 is 0 Å². The smallest absolute Gasteiger partial charge is 0.164 e. The van der Waals surface area contributed by atoms with Crippen LogP contribution in [0.5, 0.6) is 0 Å². The predicted octanol–water partition coefficient (Wildman–Crippen LogP) is 3.89. The van der Waals surface area contributed by atoms with Gasteiger partial charge in [0.1, 0.15) is 11.3 Å². The SMILES string of the molecule is Clc1cccc(-n2c(C3CCCCN3)nc3cccnc32)c1. The van der Waals surface area contributed by atoms with Gasteiger partial charge in [-0.05, 0) is 49.7 Å². The zero-order valence-corrected chi connectivity index (χ0v) is 12.9. The molecule has 2 aromatic heterocycles. The van der Waals surface area contributed by atoms with Gasteiger partial charge in [-0.1, -0.05) is 24.1 Å². The van der Waals surface area contributed by atoms with Crippen molar-refractivity contribution in [3.05, 3.63) is 53.4 Å². The number of piperidine rings is 1. The van der Waals surface area contributed by atoms with Crippen LogP contribution in [0.3, 0.4) is 0 Å². The van der Waals surface area contributed by atoms with Gasteiger partial charge in [0.05, 0.1) is 11.7 Å². The maximum absolute atomic E-state index is 6.18. The van der Waals surface area contributed by atoms with Crippen LogP contribution in [0, 0.1) is 0 Å². The number of benzene rings is 1. The van der Waals surface area contributed by atoms with Crippen molar-refractivity contribution < 1.29 is 0 Å². The Balaban J connectivity index is 1.93. The van der Waals surface area contributed by atoms with Gasteiger partial charge < -0.3 is 5.32 Å². The second kappa shape index (κ2) is 5.71. The van der Waals surface area contributed by atoms with Crippen molar-refractivity contribution in [2.45, 2.75) is 25.3 Å². The van der Waals surface area contributed by atoms with E-state index < -0.39 is 0 Å². The number of imidazole rings is 1. The summed E-state index contributed by atoms with van der Waals surface area (Å²) in [5.74, 6) is 1.02. The average molecular weight is 313 g/mol. The van der Waals surface area contributed by atoms with E-state index in [-0.39, 0.29) is 6.04 Å². The average Bonchev–Trinajstić information content (AvgIpc) is 2.95. The molecule has 4 nitrogen and oxygen atoms in total. The Morgan fingerprint density at radius 3 is 2.95 bits per heavy atom. The molecule has 3 aromatic rings. The molecule has 0 bridgehead atoms. The molecule has 5 heteroatoms. The quantitative estimate of drug-likeness (QED) is 0.780. The Labute approximate surface area is 134 Å². The molecule has 1 aliphatic rings. The number of nitrogens with one attached hydrogen (secondary N) is 1. The molecule has 0 spiro atoms. The summed E-state index contributed by atoms with van der Waals surface area (Å²) in [6, 6.07) is 12.1. The summed E-state index contributed by atoms with van der Waals surface area (Å²) < 4.78 is 2.13. The van der Waals surface area contributed by atoms with Crippen LogP contribution in [-0.2, 0) is 0 Å². The van der Waals surface area contributed by atoms with Crippen molar-refractivity contribution >= 4 is 22.8 Å². The molecule has 0 amide bonds. The molecule has 112 valence electrons. The number of halogens is 1. The minimum absolute atomic E-state index is 0.266. The highest BCUT2D eigenvalue weighted by Gasteiger charge is 2.23. The highest BCUT2D eigenvalue weighted by molar-refractivity contribution is 6.30. The largest absolute Gasteiger partial charge is 0.307 e. The first kappa shape index (κ1) is 13.7. The van der Waals surface area contributed by atoms with Crippen molar-refractivity contribution in [1.82, 2.24) is 19.9 Å². The maximum atomic E-state index is 6.18. The van der Waals surface area contributed by atoms with Crippen molar-refractivity contribution in [2.75, 3.05) is 6.54 Å². The minimum Gasteiger partial charge on any atom is -0.307 e. The molecule has 22 heavy (non-hydrogen) atoms. The number of rotatable bonds is 2. The molecule has 1 atom stereocenters. The lowest BCUT2D eigenvalue weighted by atomic mass is 10.0. The molecular weight excluding hydrogens is 296 g/mol. The normalized spacial score (nSPS) is 18.7. The van der Waals surface area contributed by atoms with E-state index >= 15 is 0 Å². The van der Waals surface area contributed by atoms with Gasteiger partial charge in [0.15, 0.2) is 5.65 Å². The molecule has 1 aliphatic heterocycles. The van der Waals surface area contributed by atoms with E-state index in [0.717, 1.165) is 40.7 Å². The molecule has 1 aromatic carbocycles. The number of aromatic nitrogens is 3. The Bertz CT molecular complexity index is 805. The fourth-order valence-electron chi connectivity index (χ4n) is 3.11. The van der Waals surface area contributed by atoms with E-state index in [1.54, 1.807) is 0 Å². The Morgan fingerprint density at radius 2 is 2.14 bits per heavy atom. The third-order valence-corrected chi connectivity index (χ3v) is 4.37. The minimum atomic E-state index is 0.266. The Kier molecular flexibility index (Phi) is 3.56. The monoisotopic (exact) mass is 312 g/mol. The van der Waals surface area contributed by atoms with E-state index in [2.05, 4.69) is 14.9 Å². The van der Waals surface area contributed by atoms with Crippen molar-refractivity contribution in [3.63, 3.8) is 0 Å². The molecule has 0 radical (unpaired) electrons. The van der Waals surface area contributed by atoms with Gasteiger partial charge in [-0.3, -0.25) is 4.57 Å². The third kappa shape index (κ3) is 2.38. The number of nitrogens with zero attached hydrogens (tertiary/aromatic N) is 3. The van der Waals surface area contributed by atoms with Crippen molar-refractivity contribution in [1.29, 1.82) is 0 Å². The van der Waals surface area contributed by atoms with Crippen LogP contribution in [-0.4, -0.2) is 21.1 Å². The van der Waals surface area contributed by atoms with E-state index in [1.165, 1.54) is 12.8 Å². The van der Waals surface area contributed by atoms with Gasteiger partial charge in [-0.15, -0.1) is 0 Å². The first-order chi connectivity index (χ1) is 10.8. The molecule has 0 saturated carbocycles. The van der Waals surface area contributed by atoms with Crippen molar-refractivity contribution in [2.24, 2.45) is 0 Å². The summed E-state index contributed by atoms with van der Waals surface area (Å²) in [7, 11) is 0. The standard InChI is InChI=1S/C17H17ClN4/c18-12-5-3-6-13(11-12)22-16-15(8-4-10-20-16)21-17(22)14-7-1-2-9-19-14/h3-6,8,10-11,14,19H,1-2,7,9H2. The summed E-state index contributed by atoms with van der Waals surface area (Å²) >= 11 is 6.18. The molecule has 3 heterocycles. The molecule has 1 N–H and O–H groups in total. The summed E-state index contributed by atoms with van der Waals surface area (Å²) in [5.41, 5.74) is 2.81. The number of hydrogen-bond acceptors (Lipinski definition) is 3. The van der Waals surface area contributed by atoms with Gasteiger partial charge in [0.25, 0.3) is 0 Å². The van der Waals surface area contributed by atoms with Crippen LogP contribution < -0.4 is 5.32 Å². The second-order valence-electron chi connectivity index (χ2n) is 5.63. The summed E-state index contributed by atoms with van der Waals surface area (Å²) in [6.07, 6.45) is 5.36. The number of fused-ring (bicyclic) bond motifs is 1. The van der Waals surface area contributed by atoms with E-state index in [0.29, 0.717) is 0 Å². The highest BCUT2D eigenvalue weighted by Crippen LogP contribution is 2.29. The topological polar surface area (TPSA) is 42.7 Å². The lowest BCUT2D eigenvalue weighted by molar-refractivity contribution is 0.395. The summed E-state index contributed by atoms with van der Waals surface area (Å²) in [5, 5.41) is 4.30. The van der Waals surface area contributed by atoms with Gasteiger partial charge in [0.2, 0.25) is 0 Å². The lowest BCUT2D eigenvalue weighted by Crippen LogP contribution is -2.29. The summed E-state index contributed by atoms with van der Waals surface area (Å²) in [4.78, 5) is 9.37. The zero-order chi connectivity index (χ0) is 14.9. The summed E-state index contributed by atoms with van der Waals surface area (Å²) in [6.45, 7) is 1.04. The maximum Gasteiger partial charge on any atom is 0.164 e. The Hall–Kier alpha value is -1.91. The highest BCUT2D eigenvalue weighted by atomic mass is 35.5. The Morgan fingerprint density at radius 1 is 1.18 bits per heavy atom. The fraction of sp³-hybridized carbons (Fsp3) is 0.294. The molecule has 4 rings (SSSR count). The lowest BCUT2D eigenvalue weighted by Gasteiger charge is -2.23. The molecule has 1 fully saturated rings. The van der Waals surface area contributed by atoms with Crippen molar-refractivity contribution in [3.8, 4) is 5.69 Å². The first-order valence-electron chi connectivity index (χ1n) is 7.65. The van der Waals surface area contributed by atoms with E-state index in [9.17, 15) is 0 Å². The van der Waals surface area contributed by atoms with Crippen LogP contribution in [0.1, 0.15) is 31.1 Å². The van der Waals surface area contributed by atoms with Crippen LogP contribution >= 0.6 is 11.6 Å². The second-order valence-corrected chi connectivity index (χ2v) is 6.07.